The molecule has 2 heterocycles. The van der Waals surface area contributed by atoms with Crippen LogP contribution in [0, 0.1) is 5.92 Å². The average molecular weight is 397 g/mol. The molecule has 2 aromatic rings. The van der Waals surface area contributed by atoms with E-state index < -0.39 is 0 Å². The third-order valence-corrected chi connectivity index (χ3v) is 5.34. The van der Waals surface area contributed by atoms with E-state index in [4.69, 9.17) is 9.47 Å². The first-order valence-electron chi connectivity index (χ1n) is 9.73. The van der Waals surface area contributed by atoms with Gasteiger partial charge in [0.15, 0.2) is 0 Å². The van der Waals surface area contributed by atoms with E-state index in [2.05, 4.69) is 10.3 Å². The molecule has 7 heteroatoms. The first-order valence-corrected chi connectivity index (χ1v) is 9.73. The van der Waals surface area contributed by atoms with E-state index in [1.54, 1.807) is 31.5 Å². The largest absolute Gasteiger partial charge is 0.497 e. The summed E-state index contributed by atoms with van der Waals surface area (Å²) in [6.45, 7) is 3.12. The third kappa shape index (κ3) is 4.67. The molecule has 0 aliphatic carbocycles. The highest BCUT2D eigenvalue weighted by Gasteiger charge is 2.41. The minimum atomic E-state index is -0.357. The maximum atomic E-state index is 13.0. The summed E-state index contributed by atoms with van der Waals surface area (Å²) < 4.78 is 10.8. The van der Waals surface area contributed by atoms with Crippen LogP contribution in [0.2, 0.25) is 0 Å². The minimum Gasteiger partial charge on any atom is -0.497 e. The SMILES string of the molecule is CCC(=O)N1CC(C(=O)NCc2cccnc2)C(c2ccc(OC)cc2OC)C1. The Labute approximate surface area is 171 Å². The lowest BCUT2D eigenvalue weighted by molar-refractivity contribution is -0.130. The highest BCUT2D eigenvalue weighted by atomic mass is 16.5. The molecule has 1 saturated heterocycles. The van der Waals surface area contributed by atoms with Crippen molar-refractivity contribution in [3.05, 3.63) is 53.9 Å². The molecule has 0 bridgehead atoms. The zero-order valence-electron chi connectivity index (χ0n) is 17.1. The van der Waals surface area contributed by atoms with Crippen molar-refractivity contribution in [3.8, 4) is 11.5 Å². The van der Waals surface area contributed by atoms with Gasteiger partial charge >= 0.3 is 0 Å². The van der Waals surface area contributed by atoms with E-state index >= 15 is 0 Å². The Hall–Kier alpha value is -3.09. The molecule has 3 rings (SSSR count). The van der Waals surface area contributed by atoms with E-state index in [-0.39, 0.29) is 23.7 Å². The molecule has 0 spiro atoms. The monoisotopic (exact) mass is 397 g/mol. The van der Waals surface area contributed by atoms with E-state index in [1.807, 2.05) is 37.3 Å². The summed E-state index contributed by atoms with van der Waals surface area (Å²) in [6, 6.07) is 9.34. The van der Waals surface area contributed by atoms with Gasteiger partial charge in [-0.05, 0) is 17.7 Å². The third-order valence-electron chi connectivity index (χ3n) is 5.34. The molecule has 2 unspecified atom stereocenters. The zero-order valence-corrected chi connectivity index (χ0v) is 17.1. The van der Waals surface area contributed by atoms with Crippen molar-refractivity contribution in [2.75, 3.05) is 27.3 Å². The minimum absolute atomic E-state index is 0.0463. The van der Waals surface area contributed by atoms with E-state index in [9.17, 15) is 9.59 Å². The average Bonchev–Trinajstić information content (AvgIpc) is 3.22. The fraction of sp³-hybridized carbons (Fsp3) is 0.409. The number of hydrogen-bond donors (Lipinski definition) is 1. The molecule has 1 aromatic heterocycles. The number of pyridine rings is 1. The summed E-state index contributed by atoms with van der Waals surface area (Å²) in [7, 11) is 3.19. The van der Waals surface area contributed by atoms with Crippen molar-refractivity contribution >= 4 is 11.8 Å². The number of aromatic nitrogens is 1. The molecule has 1 N–H and O–H groups in total. The second-order valence-electron chi connectivity index (χ2n) is 7.05. The first kappa shape index (κ1) is 20.6. The number of nitrogens with zero attached hydrogens (tertiary/aromatic N) is 2. The van der Waals surface area contributed by atoms with Crippen LogP contribution in [0.1, 0.15) is 30.4 Å². The van der Waals surface area contributed by atoms with Crippen molar-refractivity contribution < 1.29 is 19.1 Å². The van der Waals surface area contributed by atoms with Crippen molar-refractivity contribution in [2.24, 2.45) is 5.92 Å². The summed E-state index contributed by atoms with van der Waals surface area (Å²) in [5, 5.41) is 3.00. The Morgan fingerprint density at radius 2 is 2.03 bits per heavy atom. The van der Waals surface area contributed by atoms with Crippen molar-refractivity contribution in [3.63, 3.8) is 0 Å². The molecule has 0 radical (unpaired) electrons. The quantitative estimate of drug-likeness (QED) is 0.776. The lowest BCUT2D eigenvalue weighted by Crippen LogP contribution is -2.35. The lowest BCUT2D eigenvalue weighted by Gasteiger charge is -2.21. The second-order valence-corrected chi connectivity index (χ2v) is 7.05. The van der Waals surface area contributed by atoms with E-state index in [0.29, 0.717) is 37.6 Å². The number of benzene rings is 1. The number of carbonyl (C=O) groups excluding carboxylic acids is 2. The van der Waals surface area contributed by atoms with E-state index in [1.165, 1.54) is 0 Å². The van der Waals surface area contributed by atoms with Gasteiger partial charge in [0.2, 0.25) is 11.8 Å². The number of nitrogens with one attached hydrogen (secondary N) is 1. The molecule has 7 nitrogen and oxygen atoms in total. The highest BCUT2D eigenvalue weighted by Crippen LogP contribution is 2.39. The molecule has 1 aromatic carbocycles. The topological polar surface area (TPSA) is 80.8 Å². The molecule has 1 aliphatic rings. The van der Waals surface area contributed by atoms with Crippen LogP contribution >= 0.6 is 0 Å². The van der Waals surface area contributed by atoms with Crippen molar-refractivity contribution in [2.45, 2.75) is 25.8 Å². The molecule has 2 atom stereocenters. The standard InChI is InChI=1S/C22H27N3O4/c1-4-21(26)25-13-18(17-8-7-16(28-2)10-20(17)29-3)19(14-25)22(27)24-12-15-6-5-9-23-11-15/h5-11,18-19H,4,12-14H2,1-3H3,(H,24,27). The Balaban J connectivity index is 1.84. The van der Waals surface area contributed by atoms with Crippen molar-refractivity contribution in [1.82, 2.24) is 15.2 Å². The van der Waals surface area contributed by atoms with Crippen LogP contribution in [-0.2, 0) is 16.1 Å². The van der Waals surface area contributed by atoms with Gasteiger partial charge in [-0.1, -0.05) is 19.1 Å². The van der Waals surface area contributed by atoms with Gasteiger partial charge in [-0.3, -0.25) is 14.6 Å². The summed E-state index contributed by atoms with van der Waals surface area (Å²) in [5.41, 5.74) is 1.83. The Morgan fingerprint density at radius 1 is 1.21 bits per heavy atom. The number of likely N-dealkylation sites (tertiary alicyclic amines) is 1. The number of amides is 2. The van der Waals surface area contributed by atoms with Crippen LogP contribution in [0.5, 0.6) is 11.5 Å². The maximum absolute atomic E-state index is 13.0. The maximum Gasteiger partial charge on any atom is 0.225 e. The highest BCUT2D eigenvalue weighted by molar-refractivity contribution is 5.83. The van der Waals surface area contributed by atoms with Crippen LogP contribution in [0.15, 0.2) is 42.7 Å². The predicted octanol–water partition coefficient (Wildman–Crippen LogP) is 2.37. The van der Waals surface area contributed by atoms with Gasteiger partial charge < -0.3 is 19.7 Å². The number of carbonyl (C=O) groups is 2. The second kappa shape index (κ2) is 9.41. The van der Waals surface area contributed by atoms with E-state index in [0.717, 1.165) is 11.1 Å². The molecule has 1 fully saturated rings. The summed E-state index contributed by atoms with van der Waals surface area (Å²) in [5.74, 6) is 0.797. The normalized spacial score (nSPS) is 18.4. The molecule has 0 saturated carbocycles. The fourth-order valence-electron chi connectivity index (χ4n) is 3.76. The zero-order chi connectivity index (χ0) is 20.8. The Kier molecular flexibility index (Phi) is 6.69. The molecule has 2 amide bonds. The van der Waals surface area contributed by atoms with Gasteiger partial charge in [0, 0.05) is 56.0 Å². The lowest BCUT2D eigenvalue weighted by atomic mass is 9.87. The molecule has 1 aliphatic heterocycles. The molecule has 29 heavy (non-hydrogen) atoms. The van der Waals surface area contributed by atoms with Crippen LogP contribution in [-0.4, -0.2) is 49.0 Å². The summed E-state index contributed by atoms with van der Waals surface area (Å²) in [4.78, 5) is 31.2. The smallest absolute Gasteiger partial charge is 0.225 e. The van der Waals surface area contributed by atoms with Gasteiger partial charge in [-0.25, -0.2) is 0 Å². The van der Waals surface area contributed by atoms with Gasteiger partial charge in [-0.15, -0.1) is 0 Å². The molecular formula is C22H27N3O4. The van der Waals surface area contributed by atoms with Gasteiger partial charge in [0.25, 0.3) is 0 Å². The van der Waals surface area contributed by atoms with Crippen molar-refractivity contribution in [1.29, 1.82) is 0 Å². The van der Waals surface area contributed by atoms with Crippen LogP contribution in [0.3, 0.4) is 0 Å². The Bertz CT molecular complexity index is 856. The fourth-order valence-corrected chi connectivity index (χ4v) is 3.76. The number of rotatable bonds is 7. The van der Waals surface area contributed by atoms with Crippen LogP contribution < -0.4 is 14.8 Å². The Morgan fingerprint density at radius 3 is 2.69 bits per heavy atom. The number of ether oxygens (including phenoxy) is 2. The summed E-state index contributed by atoms with van der Waals surface area (Å²) in [6.07, 6.45) is 3.84. The van der Waals surface area contributed by atoms with Gasteiger partial charge in [0.1, 0.15) is 11.5 Å². The van der Waals surface area contributed by atoms with Crippen LogP contribution in [0.4, 0.5) is 0 Å². The predicted molar refractivity (Wildman–Crippen MR) is 109 cm³/mol. The molecular weight excluding hydrogens is 370 g/mol. The summed E-state index contributed by atoms with van der Waals surface area (Å²) >= 11 is 0. The van der Waals surface area contributed by atoms with Gasteiger partial charge in [0.05, 0.1) is 20.1 Å². The van der Waals surface area contributed by atoms with Crippen LogP contribution in [0.25, 0.3) is 0 Å². The number of methoxy groups -OCH3 is 2. The molecule has 154 valence electrons. The number of hydrogen-bond acceptors (Lipinski definition) is 5. The first-order chi connectivity index (χ1) is 14.1. The van der Waals surface area contributed by atoms with Gasteiger partial charge in [-0.2, -0.15) is 0 Å².